The second kappa shape index (κ2) is 11.7. The molecule has 0 aromatic rings. The fraction of sp³-hybridized carbons (Fsp3) is 0.647. The highest BCUT2D eigenvalue weighted by atomic mass is 16.2. The third kappa shape index (κ3) is 6.63. The van der Waals surface area contributed by atoms with Crippen LogP contribution in [0.4, 0.5) is 0 Å². The average molecular weight is 397 g/mol. The molecule has 0 atom stereocenters. The van der Waals surface area contributed by atoms with Gasteiger partial charge in [-0.25, -0.2) is 0 Å². The number of nitrogens with zero attached hydrogens (tertiary/aromatic N) is 1. The molecule has 0 spiro atoms. The maximum atomic E-state index is 12.4. The summed E-state index contributed by atoms with van der Waals surface area (Å²) >= 11 is 0. The van der Waals surface area contributed by atoms with Gasteiger partial charge in [0.15, 0.2) is 5.66 Å². The molecule has 156 valence electrons. The number of nitrogens with one attached hydrogen (secondary N) is 4. The quantitative estimate of drug-likeness (QED) is 0.117. The van der Waals surface area contributed by atoms with Crippen LogP contribution in [0.3, 0.4) is 0 Å². The van der Waals surface area contributed by atoms with Gasteiger partial charge >= 0.3 is 0 Å². The minimum atomic E-state index is -1.54. The molecule has 11 heteroatoms. The molecular formula is C17H27N5O6. The summed E-state index contributed by atoms with van der Waals surface area (Å²) in [6.45, 7) is 2.12. The first-order chi connectivity index (χ1) is 13.4. The van der Waals surface area contributed by atoms with E-state index in [1.165, 1.54) is 0 Å². The van der Waals surface area contributed by atoms with Gasteiger partial charge in [0.05, 0.1) is 0 Å². The largest absolute Gasteiger partial charge is 0.354 e. The van der Waals surface area contributed by atoms with Gasteiger partial charge in [0.1, 0.15) is 0 Å². The molecule has 1 rings (SSSR count). The van der Waals surface area contributed by atoms with Crippen LogP contribution >= 0.6 is 0 Å². The van der Waals surface area contributed by atoms with Crippen molar-refractivity contribution in [2.45, 2.75) is 51.1 Å². The molecule has 1 aliphatic rings. The van der Waals surface area contributed by atoms with E-state index in [1.807, 2.05) is 6.92 Å². The first-order valence-electron chi connectivity index (χ1n) is 9.21. The minimum Gasteiger partial charge on any atom is -0.354 e. The van der Waals surface area contributed by atoms with Crippen LogP contribution in [0.2, 0.25) is 0 Å². The van der Waals surface area contributed by atoms with Crippen LogP contribution in [0.5, 0.6) is 0 Å². The number of imide groups is 1. The van der Waals surface area contributed by atoms with Crippen molar-refractivity contribution < 1.29 is 28.8 Å². The monoisotopic (exact) mass is 397 g/mol. The lowest BCUT2D eigenvalue weighted by Gasteiger charge is -2.31. The van der Waals surface area contributed by atoms with Gasteiger partial charge in [-0.3, -0.25) is 33.7 Å². The fourth-order valence-electron chi connectivity index (χ4n) is 2.78. The Kier molecular flexibility index (Phi) is 9.61. The molecule has 0 saturated carbocycles. The summed E-state index contributed by atoms with van der Waals surface area (Å²) in [5.41, 5.74) is -1.54. The van der Waals surface area contributed by atoms with Crippen molar-refractivity contribution in [2.24, 2.45) is 0 Å². The van der Waals surface area contributed by atoms with Crippen LogP contribution in [0.25, 0.3) is 0 Å². The topological polar surface area (TPSA) is 154 Å². The van der Waals surface area contributed by atoms with Crippen LogP contribution in [0.15, 0.2) is 0 Å². The number of unbranched alkanes of at least 4 members (excludes halogenated alkanes) is 1. The van der Waals surface area contributed by atoms with Crippen LogP contribution in [0, 0.1) is 0 Å². The summed E-state index contributed by atoms with van der Waals surface area (Å²) in [4.78, 5) is 70.0. The van der Waals surface area contributed by atoms with Crippen molar-refractivity contribution in [2.75, 3.05) is 19.6 Å². The Morgan fingerprint density at radius 3 is 2.14 bits per heavy atom. The summed E-state index contributed by atoms with van der Waals surface area (Å²) in [5, 5.41) is 9.82. The predicted molar refractivity (Wildman–Crippen MR) is 97.2 cm³/mol. The Labute approximate surface area is 163 Å². The Balaban J connectivity index is 2.40. The molecule has 1 fully saturated rings. The van der Waals surface area contributed by atoms with E-state index in [-0.39, 0.29) is 63.0 Å². The standard InChI is InChI=1S/C17H27N5O6/c1-2-3-7-17(20-11-23,21-12-24)16(28)19-9-8-18-13(25)6-10-22-14(26)4-5-15(22)27/h11-12H,2-10H2,1H3,(H,18,25)(H,19,28)(H,20,23)(H,21,24). The maximum Gasteiger partial charge on any atom is 0.266 e. The summed E-state index contributed by atoms with van der Waals surface area (Å²) in [6, 6.07) is 0. The SMILES string of the molecule is CCCCC(NC=O)(NC=O)C(=O)NCCNC(=O)CCN1C(=O)CCC1=O. The highest BCUT2D eigenvalue weighted by Crippen LogP contribution is 2.12. The van der Waals surface area contributed by atoms with Crippen molar-refractivity contribution in [3.8, 4) is 0 Å². The zero-order valence-electron chi connectivity index (χ0n) is 15.9. The van der Waals surface area contributed by atoms with E-state index in [1.54, 1.807) is 0 Å². The summed E-state index contributed by atoms with van der Waals surface area (Å²) < 4.78 is 0. The normalized spacial score (nSPS) is 13.8. The minimum absolute atomic E-state index is 0.0226. The molecule has 0 bridgehead atoms. The van der Waals surface area contributed by atoms with Gasteiger partial charge in [-0.15, -0.1) is 0 Å². The predicted octanol–water partition coefficient (Wildman–Crippen LogP) is -1.86. The zero-order chi connectivity index (χ0) is 21.0. The number of hydrogen-bond donors (Lipinski definition) is 4. The number of amides is 6. The average Bonchev–Trinajstić information content (AvgIpc) is 2.99. The molecule has 1 heterocycles. The van der Waals surface area contributed by atoms with Crippen molar-refractivity contribution in [1.29, 1.82) is 0 Å². The molecule has 1 saturated heterocycles. The van der Waals surface area contributed by atoms with Crippen LogP contribution in [-0.4, -0.2) is 66.6 Å². The van der Waals surface area contributed by atoms with E-state index < -0.39 is 11.6 Å². The summed E-state index contributed by atoms with van der Waals surface area (Å²) in [6.07, 6.45) is 2.59. The highest BCUT2D eigenvalue weighted by Gasteiger charge is 2.36. The van der Waals surface area contributed by atoms with Gasteiger partial charge in [-0.2, -0.15) is 0 Å². The lowest BCUT2D eigenvalue weighted by Crippen LogP contribution is -2.65. The number of likely N-dealkylation sites (tertiary alicyclic amines) is 1. The first-order valence-corrected chi connectivity index (χ1v) is 9.21. The van der Waals surface area contributed by atoms with Gasteiger partial charge in [0.25, 0.3) is 5.91 Å². The van der Waals surface area contributed by atoms with E-state index in [9.17, 15) is 28.8 Å². The highest BCUT2D eigenvalue weighted by molar-refractivity contribution is 6.02. The van der Waals surface area contributed by atoms with Gasteiger partial charge in [-0.1, -0.05) is 13.3 Å². The third-order valence-electron chi connectivity index (χ3n) is 4.35. The van der Waals surface area contributed by atoms with Crippen LogP contribution in [-0.2, 0) is 28.8 Å². The van der Waals surface area contributed by atoms with Crippen LogP contribution in [0.1, 0.15) is 45.4 Å². The Morgan fingerprint density at radius 2 is 1.61 bits per heavy atom. The molecular weight excluding hydrogens is 370 g/mol. The van der Waals surface area contributed by atoms with Crippen molar-refractivity contribution in [1.82, 2.24) is 26.2 Å². The smallest absolute Gasteiger partial charge is 0.266 e. The number of carbonyl (C=O) groups excluding carboxylic acids is 6. The van der Waals surface area contributed by atoms with Gasteiger partial charge in [-0.05, 0) is 12.8 Å². The molecule has 0 unspecified atom stereocenters. The molecule has 0 radical (unpaired) electrons. The van der Waals surface area contributed by atoms with E-state index in [0.29, 0.717) is 19.2 Å². The molecule has 0 aliphatic carbocycles. The van der Waals surface area contributed by atoms with Crippen molar-refractivity contribution in [3.63, 3.8) is 0 Å². The molecule has 4 N–H and O–H groups in total. The van der Waals surface area contributed by atoms with Gasteiger partial charge < -0.3 is 21.3 Å². The summed E-state index contributed by atoms with van der Waals surface area (Å²) in [5.74, 6) is -1.52. The molecule has 1 aliphatic heterocycles. The van der Waals surface area contributed by atoms with Crippen molar-refractivity contribution in [3.05, 3.63) is 0 Å². The van der Waals surface area contributed by atoms with Gasteiger partial charge in [0, 0.05) is 38.9 Å². The number of carbonyl (C=O) groups is 6. The second-order valence-corrected chi connectivity index (χ2v) is 6.33. The number of rotatable bonds is 14. The molecule has 0 aromatic carbocycles. The van der Waals surface area contributed by atoms with Gasteiger partial charge in [0.2, 0.25) is 30.5 Å². The number of hydrogen-bond acceptors (Lipinski definition) is 6. The van der Waals surface area contributed by atoms with Crippen LogP contribution < -0.4 is 21.3 Å². The zero-order valence-corrected chi connectivity index (χ0v) is 15.9. The van der Waals surface area contributed by atoms with E-state index in [2.05, 4.69) is 21.3 Å². The Bertz CT molecular complexity index is 583. The summed E-state index contributed by atoms with van der Waals surface area (Å²) in [7, 11) is 0. The lowest BCUT2D eigenvalue weighted by molar-refractivity contribution is -0.138. The van der Waals surface area contributed by atoms with E-state index in [4.69, 9.17) is 0 Å². The first kappa shape index (κ1) is 23.1. The maximum absolute atomic E-state index is 12.4. The van der Waals surface area contributed by atoms with Crippen molar-refractivity contribution >= 4 is 36.4 Å². The third-order valence-corrected chi connectivity index (χ3v) is 4.35. The Hall–Kier alpha value is -2.98. The second-order valence-electron chi connectivity index (χ2n) is 6.33. The fourth-order valence-corrected chi connectivity index (χ4v) is 2.78. The van der Waals surface area contributed by atoms with E-state index >= 15 is 0 Å². The lowest BCUT2D eigenvalue weighted by atomic mass is 10.0. The molecule has 11 nitrogen and oxygen atoms in total. The Morgan fingerprint density at radius 1 is 1.04 bits per heavy atom. The van der Waals surface area contributed by atoms with E-state index in [0.717, 1.165) is 11.3 Å². The molecule has 28 heavy (non-hydrogen) atoms. The molecule has 0 aromatic heterocycles. The molecule has 6 amide bonds.